The zero-order valence-corrected chi connectivity index (χ0v) is 8.01. The Kier molecular flexibility index (Phi) is 2.80. The molecule has 0 aliphatic rings. The largest absolute Gasteiger partial charge is 0.467 e. The van der Waals surface area contributed by atoms with Crippen LogP contribution in [0.3, 0.4) is 0 Å². The van der Waals surface area contributed by atoms with E-state index in [0.717, 1.165) is 0 Å². The molecule has 0 fully saturated rings. The number of nitrogens with zero attached hydrogens (tertiary/aromatic N) is 1. The molecule has 16 heavy (non-hydrogen) atoms. The topological polar surface area (TPSA) is 38.1 Å². The molecule has 2 aromatic rings. The minimum atomic E-state index is -1.34. The molecule has 0 saturated heterocycles. The Morgan fingerprint density at radius 1 is 1.25 bits per heavy atom. The van der Waals surface area contributed by atoms with E-state index in [1.165, 1.54) is 6.26 Å². The summed E-state index contributed by atoms with van der Waals surface area (Å²) >= 11 is 0. The van der Waals surface area contributed by atoms with Gasteiger partial charge < -0.3 is 9.73 Å². The van der Waals surface area contributed by atoms with Crippen molar-refractivity contribution in [1.82, 2.24) is 4.98 Å². The first-order valence-corrected chi connectivity index (χ1v) is 4.44. The number of pyridine rings is 1. The van der Waals surface area contributed by atoms with Gasteiger partial charge in [0.05, 0.1) is 12.8 Å². The molecule has 3 nitrogen and oxygen atoms in total. The van der Waals surface area contributed by atoms with Gasteiger partial charge >= 0.3 is 0 Å². The average molecular weight is 228 g/mol. The first-order valence-electron chi connectivity index (χ1n) is 4.44. The van der Waals surface area contributed by atoms with Gasteiger partial charge in [0.25, 0.3) is 5.95 Å². The van der Waals surface area contributed by atoms with Crippen LogP contribution in [0, 0.1) is 17.6 Å². The molecule has 0 aromatic carbocycles. The average Bonchev–Trinajstić information content (AvgIpc) is 2.74. The third kappa shape index (κ3) is 2.16. The number of aromatic nitrogens is 1. The minimum Gasteiger partial charge on any atom is -0.467 e. The normalized spacial score (nSPS) is 10.4. The van der Waals surface area contributed by atoms with Crippen LogP contribution in [0.5, 0.6) is 0 Å². The Balaban J connectivity index is 2.12. The SMILES string of the molecule is Fc1cc(F)c(NCc2ccco2)nc1F. The van der Waals surface area contributed by atoms with E-state index in [1.54, 1.807) is 12.1 Å². The minimum absolute atomic E-state index is 0.141. The molecule has 0 spiro atoms. The van der Waals surface area contributed by atoms with Crippen LogP contribution in [0.4, 0.5) is 19.0 Å². The van der Waals surface area contributed by atoms with Crippen molar-refractivity contribution in [3.05, 3.63) is 47.8 Å². The fourth-order valence-electron chi connectivity index (χ4n) is 1.15. The summed E-state index contributed by atoms with van der Waals surface area (Å²) in [5, 5.41) is 2.50. The molecule has 84 valence electrons. The summed E-state index contributed by atoms with van der Waals surface area (Å²) in [6.07, 6.45) is 1.45. The Bertz CT molecular complexity index is 485. The van der Waals surface area contributed by atoms with E-state index >= 15 is 0 Å². The van der Waals surface area contributed by atoms with Gasteiger partial charge in [-0.2, -0.15) is 9.37 Å². The second-order valence-corrected chi connectivity index (χ2v) is 3.02. The number of anilines is 1. The van der Waals surface area contributed by atoms with Crippen LogP contribution in [0.2, 0.25) is 0 Å². The van der Waals surface area contributed by atoms with Crippen molar-refractivity contribution < 1.29 is 17.6 Å². The van der Waals surface area contributed by atoms with Crippen molar-refractivity contribution in [3.63, 3.8) is 0 Å². The van der Waals surface area contributed by atoms with Crippen LogP contribution in [0.15, 0.2) is 28.9 Å². The van der Waals surface area contributed by atoms with Gasteiger partial charge in [-0.1, -0.05) is 0 Å². The Morgan fingerprint density at radius 3 is 2.75 bits per heavy atom. The van der Waals surface area contributed by atoms with Crippen molar-refractivity contribution in [2.24, 2.45) is 0 Å². The molecule has 6 heteroatoms. The third-order valence-electron chi connectivity index (χ3n) is 1.90. The highest BCUT2D eigenvalue weighted by Crippen LogP contribution is 2.15. The number of hydrogen-bond donors (Lipinski definition) is 1. The summed E-state index contributed by atoms with van der Waals surface area (Å²) in [5.74, 6) is -3.43. The molecule has 0 aliphatic carbocycles. The second-order valence-electron chi connectivity index (χ2n) is 3.02. The van der Waals surface area contributed by atoms with E-state index in [-0.39, 0.29) is 12.4 Å². The second kappa shape index (κ2) is 4.26. The number of hydrogen-bond acceptors (Lipinski definition) is 3. The van der Waals surface area contributed by atoms with Crippen molar-refractivity contribution in [2.45, 2.75) is 6.54 Å². The predicted molar refractivity (Wildman–Crippen MR) is 50.1 cm³/mol. The van der Waals surface area contributed by atoms with Crippen LogP contribution in [-0.2, 0) is 6.54 Å². The van der Waals surface area contributed by atoms with Gasteiger partial charge in [0.15, 0.2) is 17.5 Å². The fourth-order valence-corrected chi connectivity index (χ4v) is 1.15. The van der Waals surface area contributed by atoms with E-state index in [0.29, 0.717) is 11.8 Å². The summed E-state index contributed by atoms with van der Waals surface area (Å²) < 4.78 is 43.3. The summed E-state index contributed by atoms with van der Waals surface area (Å²) in [5.41, 5.74) is 0. The van der Waals surface area contributed by atoms with Gasteiger partial charge in [0.2, 0.25) is 0 Å². The van der Waals surface area contributed by atoms with E-state index < -0.39 is 17.6 Å². The van der Waals surface area contributed by atoms with E-state index in [9.17, 15) is 13.2 Å². The molecule has 2 rings (SSSR count). The molecule has 1 N–H and O–H groups in total. The van der Waals surface area contributed by atoms with Gasteiger partial charge in [-0.3, -0.25) is 0 Å². The molecule has 0 saturated carbocycles. The van der Waals surface area contributed by atoms with Crippen LogP contribution in [0.25, 0.3) is 0 Å². The highest BCUT2D eigenvalue weighted by molar-refractivity contribution is 5.36. The maximum Gasteiger partial charge on any atom is 0.251 e. The first-order chi connectivity index (χ1) is 7.66. The van der Waals surface area contributed by atoms with E-state index in [4.69, 9.17) is 4.42 Å². The predicted octanol–water partition coefficient (Wildman–Crippen LogP) is 2.70. The first kappa shape index (κ1) is 10.5. The molecule has 0 amide bonds. The highest BCUT2D eigenvalue weighted by atomic mass is 19.2. The molecule has 0 unspecified atom stereocenters. The Labute approximate surface area is 88.9 Å². The molecule has 0 atom stereocenters. The highest BCUT2D eigenvalue weighted by Gasteiger charge is 2.11. The van der Waals surface area contributed by atoms with Crippen molar-refractivity contribution in [3.8, 4) is 0 Å². The molecular weight excluding hydrogens is 221 g/mol. The molecule has 0 bridgehead atoms. The summed E-state index contributed by atoms with van der Waals surface area (Å²) in [7, 11) is 0. The van der Waals surface area contributed by atoms with Gasteiger partial charge in [0, 0.05) is 6.07 Å². The van der Waals surface area contributed by atoms with Crippen molar-refractivity contribution >= 4 is 5.82 Å². The van der Waals surface area contributed by atoms with Gasteiger partial charge in [-0.25, -0.2) is 8.78 Å². The van der Waals surface area contributed by atoms with Crippen LogP contribution < -0.4 is 5.32 Å². The zero-order chi connectivity index (χ0) is 11.5. The van der Waals surface area contributed by atoms with Crippen molar-refractivity contribution in [1.29, 1.82) is 0 Å². The quantitative estimate of drug-likeness (QED) is 0.821. The lowest BCUT2D eigenvalue weighted by molar-refractivity contribution is 0.465. The van der Waals surface area contributed by atoms with Gasteiger partial charge in [0.1, 0.15) is 5.76 Å². The Morgan fingerprint density at radius 2 is 2.06 bits per heavy atom. The molecular formula is C10H7F3N2O. The van der Waals surface area contributed by atoms with Crippen molar-refractivity contribution in [2.75, 3.05) is 5.32 Å². The summed E-state index contributed by atoms with van der Waals surface area (Å²) in [4.78, 5) is 3.10. The van der Waals surface area contributed by atoms with Gasteiger partial charge in [-0.15, -0.1) is 0 Å². The number of nitrogens with one attached hydrogen (secondary N) is 1. The zero-order valence-electron chi connectivity index (χ0n) is 8.01. The fraction of sp³-hybridized carbons (Fsp3) is 0.100. The lowest BCUT2D eigenvalue weighted by atomic mass is 10.4. The van der Waals surface area contributed by atoms with E-state index in [2.05, 4.69) is 10.3 Å². The smallest absolute Gasteiger partial charge is 0.251 e. The van der Waals surface area contributed by atoms with Gasteiger partial charge in [-0.05, 0) is 12.1 Å². The lowest BCUT2D eigenvalue weighted by Crippen LogP contribution is -2.05. The molecule has 0 aliphatic heterocycles. The monoisotopic (exact) mass is 228 g/mol. The summed E-state index contributed by atoms with van der Waals surface area (Å²) in [6, 6.07) is 3.75. The van der Waals surface area contributed by atoms with E-state index in [1.807, 2.05) is 0 Å². The maximum atomic E-state index is 13.1. The van der Waals surface area contributed by atoms with Crippen LogP contribution in [0.1, 0.15) is 5.76 Å². The molecule has 2 heterocycles. The number of furan rings is 1. The number of rotatable bonds is 3. The molecule has 0 radical (unpaired) electrons. The van der Waals surface area contributed by atoms with Crippen LogP contribution >= 0.6 is 0 Å². The summed E-state index contributed by atoms with van der Waals surface area (Å²) in [6.45, 7) is 0.141. The maximum absolute atomic E-state index is 13.1. The lowest BCUT2D eigenvalue weighted by Gasteiger charge is -2.04. The Hall–Kier alpha value is -1.98. The standard InChI is InChI=1S/C10H7F3N2O/c11-7-4-8(12)10(15-9(7)13)14-5-6-2-1-3-16-6/h1-4H,5H2,(H,14,15). The number of halogens is 3. The molecule has 2 aromatic heterocycles. The van der Waals surface area contributed by atoms with Crippen LogP contribution in [-0.4, -0.2) is 4.98 Å². The third-order valence-corrected chi connectivity index (χ3v) is 1.90.